The summed E-state index contributed by atoms with van der Waals surface area (Å²) in [7, 11) is 0. The number of rotatable bonds is 6. The number of ether oxygens (including phenoxy) is 1. The molecule has 23 heavy (non-hydrogen) atoms. The SMILES string of the molecule is CC(=O)c1cccc(OC(C)C(=O)NCC2CCCNC2)c1.Cl. The summed E-state index contributed by atoms with van der Waals surface area (Å²) in [6.07, 6.45) is 1.71. The molecule has 2 atom stereocenters. The van der Waals surface area contributed by atoms with Crippen LogP contribution in [-0.4, -0.2) is 37.4 Å². The first-order valence-corrected chi connectivity index (χ1v) is 7.82. The van der Waals surface area contributed by atoms with E-state index in [1.807, 2.05) is 0 Å². The molecule has 2 rings (SSSR count). The maximum atomic E-state index is 12.1. The van der Waals surface area contributed by atoms with Crippen molar-refractivity contribution in [3.63, 3.8) is 0 Å². The molecule has 1 fully saturated rings. The average Bonchev–Trinajstić information content (AvgIpc) is 2.53. The van der Waals surface area contributed by atoms with Gasteiger partial charge in [0.05, 0.1) is 0 Å². The van der Waals surface area contributed by atoms with Crippen LogP contribution in [0.2, 0.25) is 0 Å². The molecule has 1 aliphatic rings. The summed E-state index contributed by atoms with van der Waals surface area (Å²) in [5.74, 6) is 0.881. The Labute approximate surface area is 143 Å². The quantitative estimate of drug-likeness (QED) is 0.779. The van der Waals surface area contributed by atoms with Crippen LogP contribution >= 0.6 is 12.4 Å². The van der Waals surface area contributed by atoms with Crippen LogP contribution in [0.3, 0.4) is 0 Å². The lowest BCUT2D eigenvalue weighted by molar-refractivity contribution is -0.127. The van der Waals surface area contributed by atoms with Gasteiger partial charge >= 0.3 is 0 Å². The molecule has 1 aromatic rings. The van der Waals surface area contributed by atoms with E-state index in [1.165, 1.54) is 6.92 Å². The minimum absolute atomic E-state index is 0. The second-order valence-electron chi connectivity index (χ2n) is 5.80. The van der Waals surface area contributed by atoms with Crippen LogP contribution < -0.4 is 15.4 Å². The highest BCUT2D eigenvalue weighted by atomic mass is 35.5. The Kier molecular flexibility index (Phi) is 8.06. The van der Waals surface area contributed by atoms with E-state index >= 15 is 0 Å². The van der Waals surface area contributed by atoms with Crippen molar-refractivity contribution >= 4 is 24.1 Å². The van der Waals surface area contributed by atoms with E-state index in [1.54, 1.807) is 31.2 Å². The van der Waals surface area contributed by atoms with E-state index in [0.717, 1.165) is 25.9 Å². The lowest BCUT2D eigenvalue weighted by atomic mass is 10.00. The summed E-state index contributed by atoms with van der Waals surface area (Å²) in [4.78, 5) is 23.4. The number of Topliss-reactive ketones (excluding diaryl/α,β-unsaturated/α-hetero) is 1. The van der Waals surface area contributed by atoms with Crippen molar-refractivity contribution in [3.05, 3.63) is 29.8 Å². The third-order valence-electron chi connectivity index (χ3n) is 3.89. The van der Waals surface area contributed by atoms with E-state index in [0.29, 0.717) is 23.8 Å². The van der Waals surface area contributed by atoms with Crippen LogP contribution in [0.15, 0.2) is 24.3 Å². The van der Waals surface area contributed by atoms with Gasteiger partial charge in [-0.05, 0) is 57.8 Å². The van der Waals surface area contributed by atoms with Gasteiger partial charge in [-0.2, -0.15) is 0 Å². The van der Waals surface area contributed by atoms with Gasteiger partial charge in [-0.3, -0.25) is 9.59 Å². The summed E-state index contributed by atoms with van der Waals surface area (Å²) >= 11 is 0. The fraction of sp³-hybridized carbons (Fsp3) is 0.529. The van der Waals surface area contributed by atoms with E-state index in [9.17, 15) is 9.59 Å². The van der Waals surface area contributed by atoms with Crippen molar-refractivity contribution in [2.24, 2.45) is 5.92 Å². The third kappa shape index (κ3) is 6.20. The first-order valence-electron chi connectivity index (χ1n) is 7.82. The highest BCUT2D eigenvalue weighted by Crippen LogP contribution is 2.15. The molecule has 0 radical (unpaired) electrons. The number of piperidine rings is 1. The molecule has 0 aliphatic carbocycles. The number of amides is 1. The Hall–Kier alpha value is -1.59. The van der Waals surface area contributed by atoms with Crippen molar-refractivity contribution in [2.75, 3.05) is 19.6 Å². The largest absolute Gasteiger partial charge is 0.481 e. The third-order valence-corrected chi connectivity index (χ3v) is 3.89. The lowest BCUT2D eigenvalue weighted by Crippen LogP contribution is -2.42. The summed E-state index contributed by atoms with van der Waals surface area (Å²) < 4.78 is 5.63. The second kappa shape index (κ2) is 9.53. The number of hydrogen-bond acceptors (Lipinski definition) is 4. The predicted molar refractivity (Wildman–Crippen MR) is 92.4 cm³/mol. The number of halogens is 1. The average molecular weight is 341 g/mol. The van der Waals surface area contributed by atoms with Gasteiger partial charge in [-0.15, -0.1) is 12.4 Å². The number of carbonyl (C=O) groups excluding carboxylic acids is 2. The summed E-state index contributed by atoms with van der Waals surface area (Å²) in [6.45, 7) is 5.92. The Morgan fingerprint density at radius 2 is 2.22 bits per heavy atom. The molecule has 0 saturated carbocycles. The number of benzene rings is 1. The van der Waals surface area contributed by atoms with Crippen molar-refractivity contribution < 1.29 is 14.3 Å². The van der Waals surface area contributed by atoms with Gasteiger partial charge in [0.2, 0.25) is 0 Å². The van der Waals surface area contributed by atoms with Crippen molar-refractivity contribution in [1.29, 1.82) is 0 Å². The number of hydrogen-bond donors (Lipinski definition) is 2. The molecule has 0 spiro atoms. The monoisotopic (exact) mass is 340 g/mol. The van der Waals surface area contributed by atoms with E-state index < -0.39 is 6.10 Å². The van der Waals surface area contributed by atoms with Crippen LogP contribution in [-0.2, 0) is 4.79 Å². The van der Waals surface area contributed by atoms with Crippen LogP contribution in [0, 0.1) is 5.92 Å². The van der Waals surface area contributed by atoms with Gasteiger partial charge in [-0.1, -0.05) is 12.1 Å². The van der Waals surface area contributed by atoms with Gasteiger partial charge in [-0.25, -0.2) is 0 Å². The fourth-order valence-corrected chi connectivity index (χ4v) is 2.53. The van der Waals surface area contributed by atoms with E-state index in [4.69, 9.17) is 4.74 Å². The Morgan fingerprint density at radius 3 is 2.87 bits per heavy atom. The zero-order valence-electron chi connectivity index (χ0n) is 13.6. The summed E-state index contributed by atoms with van der Waals surface area (Å²) in [5, 5.41) is 6.27. The van der Waals surface area contributed by atoms with Crippen molar-refractivity contribution in [1.82, 2.24) is 10.6 Å². The maximum Gasteiger partial charge on any atom is 0.260 e. The van der Waals surface area contributed by atoms with Crippen molar-refractivity contribution in [3.8, 4) is 5.75 Å². The van der Waals surface area contributed by atoms with Crippen LogP contribution in [0.25, 0.3) is 0 Å². The molecule has 0 aromatic heterocycles. The topological polar surface area (TPSA) is 67.4 Å². The first kappa shape index (κ1) is 19.5. The van der Waals surface area contributed by atoms with Gasteiger partial charge in [0.15, 0.2) is 11.9 Å². The molecule has 2 N–H and O–H groups in total. The molecule has 5 nitrogen and oxygen atoms in total. The maximum absolute atomic E-state index is 12.1. The number of nitrogens with one attached hydrogen (secondary N) is 2. The Balaban J connectivity index is 0.00000264. The zero-order chi connectivity index (χ0) is 15.9. The van der Waals surface area contributed by atoms with Crippen molar-refractivity contribution in [2.45, 2.75) is 32.8 Å². The van der Waals surface area contributed by atoms with Crippen LogP contribution in [0.1, 0.15) is 37.0 Å². The Morgan fingerprint density at radius 1 is 1.43 bits per heavy atom. The molecule has 1 saturated heterocycles. The summed E-state index contributed by atoms with van der Waals surface area (Å²) in [6, 6.07) is 6.90. The molecule has 1 aliphatic heterocycles. The molecule has 1 amide bonds. The molecule has 2 unspecified atom stereocenters. The molecule has 1 aromatic carbocycles. The molecule has 6 heteroatoms. The fourth-order valence-electron chi connectivity index (χ4n) is 2.53. The zero-order valence-corrected chi connectivity index (χ0v) is 14.4. The molecular formula is C17H25ClN2O3. The van der Waals surface area contributed by atoms with Gasteiger partial charge < -0.3 is 15.4 Å². The highest BCUT2D eigenvalue weighted by Gasteiger charge is 2.18. The predicted octanol–water partition coefficient (Wildman–Crippen LogP) is 2.19. The minimum atomic E-state index is -0.584. The highest BCUT2D eigenvalue weighted by molar-refractivity contribution is 5.94. The number of carbonyl (C=O) groups is 2. The molecule has 128 valence electrons. The Bertz CT molecular complexity index is 530. The van der Waals surface area contributed by atoms with Gasteiger partial charge in [0, 0.05) is 12.1 Å². The smallest absolute Gasteiger partial charge is 0.260 e. The molecule has 0 bridgehead atoms. The van der Waals surface area contributed by atoms with Gasteiger partial charge in [0.1, 0.15) is 5.75 Å². The van der Waals surface area contributed by atoms with Gasteiger partial charge in [0.25, 0.3) is 5.91 Å². The molecular weight excluding hydrogens is 316 g/mol. The van der Waals surface area contributed by atoms with E-state index in [2.05, 4.69) is 10.6 Å². The van der Waals surface area contributed by atoms with Crippen LogP contribution in [0.5, 0.6) is 5.75 Å². The first-order chi connectivity index (χ1) is 10.6. The minimum Gasteiger partial charge on any atom is -0.481 e. The van der Waals surface area contributed by atoms with E-state index in [-0.39, 0.29) is 24.1 Å². The molecule has 1 heterocycles. The summed E-state index contributed by atoms with van der Waals surface area (Å²) in [5.41, 5.74) is 0.582. The standard InChI is InChI=1S/C17H24N2O3.ClH/c1-12(20)15-6-3-7-16(9-15)22-13(2)17(21)19-11-14-5-4-8-18-10-14;/h3,6-7,9,13-14,18H,4-5,8,10-11H2,1-2H3,(H,19,21);1H. The lowest BCUT2D eigenvalue weighted by Gasteiger charge is -2.23. The normalized spacial score (nSPS) is 18.4. The number of ketones is 1. The second-order valence-corrected chi connectivity index (χ2v) is 5.80. The van der Waals surface area contributed by atoms with Crippen LogP contribution in [0.4, 0.5) is 0 Å².